The summed E-state index contributed by atoms with van der Waals surface area (Å²) in [6.45, 7) is 10.8. The van der Waals surface area contributed by atoms with Gasteiger partial charge in [-0.15, -0.1) is 10.2 Å². The molecule has 2 N–H and O–H groups in total. The normalized spacial score (nSPS) is 14.0. The van der Waals surface area contributed by atoms with Crippen molar-refractivity contribution in [2.24, 2.45) is 0 Å². The summed E-state index contributed by atoms with van der Waals surface area (Å²) in [7, 11) is 0. The zero-order valence-corrected chi connectivity index (χ0v) is 23.4. The Morgan fingerprint density at radius 3 is 2.68 bits per heavy atom. The predicted octanol–water partition coefficient (Wildman–Crippen LogP) is 5.15. The van der Waals surface area contributed by atoms with Crippen molar-refractivity contribution in [3.8, 4) is 0 Å². The quantitative estimate of drug-likeness (QED) is 0.305. The van der Waals surface area contributed by atoms with Crippen LogP contribution in [-0.2, 0) is 28.2 Å². The van der Waals surface area contributed by atoms with Gasteiger partial charge in [0.15, 0.2) is 4.34 Å². The third-order valence-corrected chi connectivity index (χ3v) is 7.74. The van der Waals surface area contributed by atoms with E-state index < -0.39 is 11.7 Å². The van der Waals surface area contributed by atoms with Gasteiger partial charge in [0, 0.05) is 36.3 Å². The smallest absolute Gasteiger partial charge is 0.416 e. The molecule has 1 aliphatic rings. The minimum absolute atomic E-state index is 0.280. The van der Waals surface area contributed by atoms with Gasteiger partial charge >= 0.3 is 6.09 Å². The van der Waals surface area contributed by atoms with Crippen molar-refractivity contribution in [1.29, 1.82) is 0 Å². The van der Waals surface area contributed by atoms with E-state index in [1.807, 2.05) is 51.1 Å². The number of carbonyl (C=O) groups excluding carboxylic acids is 1. The lowest BCUT2D eigenvalue weighted by atomic mass is 10.2. The van der Waals surface area contributed by atoms with Crippen LogP contribution in [0.2, 0.25) is 0 Å². The lowest BCUT2D eigenvalue weighted by molar-refractivity contribution is 0.0576. The maximum Gasteiger partial charge on any atom is 0.416 e. The molecule has 198 valence electrons. The number of anilines is 3. The molecule has 1 saturated heterocycles. The van der Waals surface area contributed by atoms with Gasteiger partial charge in [0.2, 0.25) is 0 Å². The monoisotopic (exact) mass is 542 g/mol. The van der Waals surface area contributed by atoms with Gasteiger partial charge in [-0.05, 0) is 51.0 Å². The van der Waals surface area contributed by atoms with Crippen LogP contribution in [0.4, 0.5) is 22.0 Å². The summed E-state index contributed by atoms with van der Waals surface area (Å²) in [6, 6.07) is 11.5. The molecule has 1 aliphatic heterocycles. The number of aromatic nitrogens is 3. The minimum Gasteiger partial charge on any atom is -0.443 e. The van der Waals surface area contributed by atoms with E-state index in [-0.39, 0.29) is 6.54 Å². The Bertz CT molecular complexity index is 1210. The fourth-order valence-electron chi connectivity index (χ4n) is 3.78. The van der Waals surface area contributed by atoms with Crippen LogP contribution in [0.3, 0.4) is 0 Å². The van der Waals surface area contributed by atoms with Gasteiger partial charge in [-0.25, -0.2) is 9.78 Å². The zero-order chi connectivity index (χ0) is 26.4. The number of amides is 1. The molecular weight excluding hydrogens is 508 g/mol. The van der Waals surface area contributed by atoms with Crippen LogP contribution in [0.25, 0.3) is 0 Å². The number of aryl methyl sites for hydroxylation is 1. The number of ether oxygens (including phenoxy) is 2. The number of morpholine rings is 1. The second-order valence-electron chi connectivity index (χ2n) is 9.69. The molecule has 0 saturated carbocycles. The highest BCUT2D eigenvalue weighted by Crippen LogP contribution is 2.31. The van der Waals surface area contributed by atoms with Crippen molar-refractivity contribution >= 4 is 46.4 Å². The standard InChI is InChI=1S/C26H34N6O3S2/c1-5-23-29-30-24(37-23)36-17-20-14-21(31-9-11-34-12-10-31)15-22(28-20)32(25(33)35-26(2,3)4)16-18-7-6-8-19(27)13-18/h6-8,13-15H,5,9-12,16-17,27H2,1-4H3. The number of pyridine rings is 1. The molecule has 0 radical (unpaired) electrons. The van der Waals surface area contributed by atoms with Crippen LogP contribution < -0.4 is 15.5 Å². The molecule has 3 heterocycles. The van der Waals surface area contributed by atoms with Crippen molar-refractivity contribution in [1.82, 2.24) is 15.2 Å². The second kappa shape index (κ2) is 12.1. The molecule has 0 bridgehead atoms. The van der Waals surface area contributed by atoms with E-state index in [2.05, 4.69) is 28.1 Å². The first kappa shape index (κ1) is 27.2. The van der Waals surface area contributed by atoms with Gasteiger partial charge in [-0.1, -0.05) is 42.2 Å². The fraction of sp³-hybridized carbons (Fsp3) is 0.462. The van der Waals surface area contributed by atoms with Crippen LogP contribution in [0.15, 0.2) is 40.7 Å². The molecule has 37 heavy (non-hydrogen) atoms. The molecule has 9 nitrogen and oxygen atoms in total. The van der Waals surface area contributed by atoms with Gasteiger partial charge in [0.1, 0.15) is 16.4 Å². The van der Waals surface area contributed by atoms with Crippen LogP contribution in [-0.4, -0.2) is 53.2 Å². The number of carbonyl (C=O) groups is 1. The Labute approximate surface area is 226 Å². The molecule has 1 amide bonds. The summed E-state index contributed by atoms with van der Waals surface area (Å²) < 4.78 is 12.2. The summed E-state index contributed by atoms with van der Waals surface area (Å²) in [5.74, 6) is 1.13. The van der Waals surface area contributed by atoms with Gasteiger partial charge in [-0.3, -0.25) is 4.90 Å². The third-order valence-electron chi connectivity index (χ3n) is 5.50. The minimum atomic E-state index is -0.652. The van der Waals surface area contributed by atoms with E-state index >= 15 is 0 Å². The van der Waals surface area contributed by atoms with Gasteiger partial charge in [0.05, 0.1) is 25.5 Å². The van der Waals surface area contributed by atoms with Gasteiger partial charge < -0.3 is 20.1 Å². The van der Waals surface area contributed by atoms with E-state index in [9.17, 15) is 4.79 Å². The number of nitrogen functional groups attached to an aromatic ring is 1. The Kier molecular flexibility index (Phi) is 8.88. The molecule has 1 aromatic carbocycles. The number of rotatable bonds is 8. The average molecular weight is 543 g/mol. The van der Waals surface area contributed by atoms with Crippen LogP contribution in [0, 0.1) is 0 Å². The van der Waals surface area contributed by atoms with E-state index in [1.54, 1.807) is 28.0 Å². The van der Waals surface area contributed by atoms with Crippen LogP contribution in [0.5, 0.6) is 0 Å². The van der Waals surface area contributed by atoms with Gasteiger partial charge in [-0.2, -0.15) is 0 Å². The average Bonchev–Trinajstić information content (AvgIpc) is 3.33. The third kappa shape index (κ3) is 7.80. The van der Waals surface area contributed by atoms with Crippen LogP contribution >= 0.6 is 23.1 Å². The first-order valence-electron chi connectivity index (χ1n) is 12.3. The number of nitrogens with zero attached hydrogens (tertiary/aromatic N) is 5. The van der Waals surface area contributed by atoms with E-state index in [1.165, 1.54) is 0 Å². The number of benzene rings is 1. The Morgan fingerprint density at radius 2 is 2.00 bits per heavy atom. The molecule has 1 fully saturated rings. The molecule has 3 aromatic rings. The largest absolute Gasteiger partial charge is 0.443 e. The molecule has 0 aliphatic carbocycles. The second-order valence-corrected chi connectivity index (χ2v) is 12.0. The molecule has 11 heteroatoms. The molecule has 0 spiro atoms. The number of hydrogen-bond donors (Lipinski definition) is 1. The highest BCUT2D eigenvalue weighted by molar-refractivity contribution is 8.00. The number of hydrogen-bond acceptors (Lipinski definition) is 10. The van der Waals surface area contributed by atoms with E-state index in [0.29, 0.717) is 30.5 Å². The maximum atomic E-state index is 13.4. The zero-order valence-electron chi connectivity index (χ0n) is 21.8. The first-order valence-corrected chi connectivity index (χ1v) is 14.1. The van der Waals surface area contributed by atoms with Gasteiger partial charge in [0.25, 0.3) is 0 Å². The summed E-state index contributed by atoms with van der Waals surface area (Å²) in [4.78, 5) is 22.2. The molecule has 0 atom stereocenters. The van der Waals surface area contributed by atoms with E-state index in [0.717, 1.165) is 45.8 Å². The van der Waals surface area contributed by atoms with Crippen molar-refractivity contribution in [2.75, 3.05) is 41.8 Å². The molecule has 2 aromatic heterocycles. The summed E-state index contributed by atoms with van der Waals surface area (Å²) in [5.41, 5.74) is 8.74. The summed E-state index contributed by atoms with van der Waals surface area (Å²) in [5, 5.41) is 9.52. The predicted molar refractivity (Wildman–Crippen MR) is 149 cm³/mol. The molecule has 4 rings (SSSR count). The van der Waals surface area contributed by atoms with Crippen molar-refractivity contribution in [2.45, 2.75) is 56.4 Å². The molecule has 0 unspecified atom stereocenters. The Morgan fingerprint density at radius 1 is 1.22 bits per heavy atom. The van der Waals surface area contributed by atoms with E-state index in [4.69, 9.17) is 20.2 Å². The summed E-state index contributed by atoms with van der Waals surface area (Å²) >= 11 is 3.20. The lowest BCUT2D eigenvalue weighted by Crippen LogP contribution is -2.38. The highest BCUT2D eigenvalue weighted by atomic mass is 32.2. The maximum absolute atomic E-state index is 13.4. The Balaban J connectivity index is 1.69. The number of thioether (sulfide) groups is 1. The van der Waals surface area contributed by atoms with Crippen molar-refractivity contribution < 1.29 is 14.3 Å². The van der Waals surface area contributed by atoms with Crippen molar-refractivity contribution in [3.05, 3.63) is 52.7 Å². The topological polar surface area (TPSA) is 107 Å². The SMILES string of the molecule is CCc1nnc(SCc2cc(N3CCOCC3)cc(N(Cc3cccc(N)c3)C(=O)OC(C)(C)C)n2)s1. The van der Waals surface area contributed by atoms with Crippen molar-refractivity contribution in [3.63, 3.8) is 0 Å². The molecular formula is C26H34N6O3S2. The lowest BCUT2D eigenvalue weighted by Gasteiger charge is -2.31. The summed E-state index contributed by atoms with van der Waals surface area (Å²) in [6.07, 6.45) is 0.402. The highest BCUT2D eigenvalue weighted by Gasteiger charge is 2.26. The first-order chi connectivity index (χ1) is 17.7. The fourth-order valence-corrected chi connectivity index (χ4v) is 5.51. The Hall–Kier alpha value is -2.89. The number of nitrogens with two attached hydrogens (primary N) is 1. The van der Waals surface area contributed by atoms with Crippen LogP contribution in [0.1, 0.15) is 44.0 Å².